The lowest BCUT2D eigenvalue weighted by Crippen LogP contribution is -2.12. The number of rotatable bonds is 4. The molecule has 8 heteroatoms. The zero-order chi connectivity index (χ0) is 16.6. The van der Waals surface area contributed by atoms with Gasteiger partial charge < -0.3 is 4.42 Å². The van der Waals surface area contributed by atoms with Crippen molar-refractivity contribution in [3.63, 3.8) is 0 Å². The van der Waals surface area contributed by atoms with Gasteiger partial charge in [0.25, 0.3) is 0 Å². The maximum absolute atomic E-state index is 12.6. The van der Waals surface area contributed by atoms with Crippen molar-refractivity contribution >= 4 is 21.4 Å². The van der Waals surface area contributed by atoms with Crippen molar-refractivity contribution in [3.05, 3.63) is 59.0 Å². The van der Waals surface area contributed by atoms with Gasteiger partial charge in [-0.05, 0) is 31.5 Å². The van der Waals surface area contributed by atoms with Crippen molar-refractivity contribution in [1.29, 1.82) is 0 Å². The minimum absolute atomic E-state index is 0.0706. The number of nitrogens with zero attached hydrogens (tertiary/aromatic N) is 3. The molecule has 0 fully saturated rings. The van der Waals surface area contributed by atoms with Crippen molar-refractivity contribution in [2.45, 2.75) is 24.8 Å². The van der Waals surface area contributed by atoms with Crippen LogP contribution in [0.15, 0.2) is 46.4 Å². The Labute approximate surface area is 138 Å². The Kier molecular flexibility index (Phi) is 3.99. The van der Waals surface area contributed by atoms with Crippen LogP contribution in [-0.2, 0) is 15.6 Å². The van der Waals surface area contributed by atoms with Crippen LogP contribution >= 0.6 is 11.6 Å². The van der Waals surface area contributed by atoms with Crippen molar-refractivity contribution in [2.75, 3.05) is 0 Å². The van der Waals surface area contributed by atoms with Crippen molar-refractivity contribution in [1.82, 2.24) is 14.5 Å². The van der Waals surface area contributed by atoms with E-state index in [9.17, 15) is 8.42 Å². The topological polar surface area (TPSA) is 78.0 Å². The summed E-state index contributed by atoms with van der Waals surface area (Å²) in [5.74, 6) is 0.348. The molecular weight excluding hydrogens is 338 g/mol. The van der Waals surface area contributed by atoms with E-state index in [1.54, 1.807) is 31.3 Å². The lowest BCUT2D eigenvalue weighted by Gasteiger charge is -2.11. The van der Waals surface area contributed by atoms with Crippen LogP contribution < -0.4 is 0 Å². The second-order valence-corrected chi connectivity index (χ2v) is 7.38. The fourth-order valence-corrected chi connectivity index (χ4v) is 3.69. The van der Waals surface area contributed by atoms with E-state index in [-0.39, 0.29) is 16.8 Å². The molecule has 2 aromatic heterocycles. The summed E-state index contributed by atoms with van der Waals surface area (Å²) >= 11 is 6.12. The van der Waals surface area contributed by atoms with Gasteiger partial charge in [0, 0.05) is 17.4 Å². The highest BCUT2D eigenvalue weighted by atomic mass is 35.5. The molecule has 120 valence electrons. The van der Waals surface area contributed by atoms with Crippen LogP contribution in [0.4, 0.5) is 0 Å². The molecule has 0 bridgehead atoms. The van der Waals surface area contributed by atoms with Crippen LogP contribution in [0.25, 0.3) is 5.69 Å². The third-order valence-electron chi connectivity index (χ3n) is 3.37. The van der Waals surface area contributed by atoms with Gasteiger partial charge in [-0.15, -0.1) is 0 Å². The molecule has 0 saturated carbocycles. The van der Waals surface area contributed by atoms with Gasteiger partial charge in [-0.2, -0.15) is 0 Å². The van der Waals surface area contributed by atoms with Crippen LogP contribution in [-0.4, -0.2) is 23.0 Å². The van der Waals surface area contributed by atoms with Crippen molar-refractivity contribution in [2.24, 2.45) is 0 Å². The van der Waals surface area contributed by atoms with Gasteiger partial charge in [0.15, 0.2) is 0 Å². The molecule has 0 radical (unpaired) electrons. The largest absolute Gasteiger partial charge is 0.445 e. The number of sulfone groups is 1. The molecule has 0 atom stereocenters. The summed E-state index contributed by atoms with van der Waals surface area (Å²) in [5.41, 5.74) is 1.44. The van der Waals surface area contributed by atoms with Crippen LogP contribution in [0.3, 0.4) is 0 Å². The van der Waals surface area contributed by atoms with Crippen LogP contribution in [0.5, 0.6) is 0 Å². The molecule has 3 rings (SSSR count). The molecule has 0 spiro atoms. The molecule has 0 aliphatic heterocycles. The van der Waals surface area contributed by atoms with Crippen molar-refractivity contribution < 1.29 is 12.8 Å². The summed E-state index contributed by atoms with van der Waals surface area (Å²) in [5, 5.41) is 0.488. The molecule has 1 aromatic carbocycles. The molecule has 2 heterocycles. The summed E-state index contributed by atoms with van der Waals surface area (Å²) in [4.78, 5) is 7.94. The predicted octanol–water partition coefficient (Wildman–Crippen LogP) is 3.10. The minimum Gasteiger partial charge on any atom is -0.445 e. The first-order valence-corrected chi connectivity index (χ1v) is 8.84. The molecule has 0 aliphatic carbocycles. The standard InChI is InChI=1S/C15H14ClN3O3S/c1-10-8-18-14(22-10)9-23(20,21)15-17-6-7-19(15)13-5-3-4-12(16)11(13)2/h3-8H,9H2,1-2H3. The molecule has 0 aliphatic rings. The summed E-state index contributed by atoms with van der Waals surface area (Å²) in [6.07, 6.45) is 4.51. The van der Waals surface area contributed by atoms with Crippen LogP contribution in [0, 0.1) is 13.8 Å². The quantitative estimate of drug-likeness (QED) is 0.721. The maximum Gasteiger partial charge on any atom is 0.232 e. The average molecular weight is 352 g/mol. The van der Waals surface area contributed by atoms with E-state index in [2.05, 4.69) is 9.97 Å². The normalized spacial score (nSPS) is 11.8. The number of hydrogen-bond donors (Lipinski definition) is 0. The van der Waals surface area contributed by atoms with E-state index in [4.69, 9.17) is 16.0 Å². The van der Waals surface area contributed by atoms with E-state index in [0.717, 1.165) is 5.56 Å². The zero-order valence-electron chi connectivity index (χ0n) is 12.5. The average Bonchev–Trinajstić information content (AvgIpc) is 3.11. The maximum atomic E-state index is 12.6. The van der Waals surface area contributed by atoms with Gasteiger partial charge in [-0.25, -0.2) is 18.4 Å². The number of halogens is 1. The Balaban J connectivity index is 2.05. The molecule has 3 aromatic rings. The molecule has 6 nitrogen and oxygen atoms in total. The Morgan fingerprint density at radius 2 is 2.04 bits per heavy atom. The lowest BCUT2D eigenvalue weighted by molar-refractivity contribution is 0.483. The summed E-state index contributed by atoms with van der Waals surface area (Å²) < 4.78 is 32.1. The number of oxazole rings is 1. The molecule has 23 heavy (non-hydrogen) atoms. The number of aromatic nitrogens is 3. The van der Waals surface area contributed by atoms with E-state index in [1.807, 2.05) is 6.92 Å². The first-order valence-electron chi connectivity index (χ1n) is 6.81. The minimum atomic E-state index is -3.71. The second-order valence-electron chi connectivity index (χ2n) is 5.09. The second kappa shape index (κ2) is 5.82. The van der Waals surface area contributed by atoms with Gasteiger partial charge in [-0.3, -0.25) is 4.57 Å². The van der Waals surface area contributed by atoms with Gasteiger partial charge in [-0.1, -0.05) is 17.7 Å². The Bertz CT molecular complexity index is 960. The summed E-state index contributed by atoms with van der Waals surface area (Å²) in [6, 6.07) is 5.30. The lowest BCUT2D eigenvalue weighted by atomic mass is 10.2. The monoisotopic (exact) mass is 351 g/mol. The predicted molar refractivity (Wildman–Crippen MR) is 85.4 cm³/mol. The first-order chi connectivity index (χ1) is 10.9. The summed E-state index contributed by atoms with van der Waals surface area (Å²) in [6.45, 7) is 3.53. The molecular formula is C15H14ClN3O3S. The SMILES string of the molecule is Cc1cnc(CS(=O)(=O)c2nccn2-c2cccc(Cl)c2C)o1. The molecule has 0 unspecified atom stereocenters. The Morgan fingerprint density at radius 3 is 2.74 bits per heavy atom. The van der Waals surface area contributed by atoms with E-state index < -0.39 is 9.84 Å². The Morgan fingerprint density at radius 1 is 1.26 bits per heavy atom. The van der Waals surface area contributed by atoms with E-state index in [0.29, 0.717) is 16.5 Å². The number of hydrogen-bond acceptors (Lipinski definition) is 5. The number of benzene rings is 1. The van der Waals surface area contributed by atoms with E-state index >= 15 is 0 Å². The third-order valence-corrected chi connectivity index (χ3v) is 5.26. The van der Waals surface area contributed by atoms with Crippen molar-refractivity contribution in [3.8, 4) is 5.69 Å². The highest BCUT2D eigenvalue weighted by Crippen LogP contribution is 2.25. The van der Waals surface area contributed by atoms with Crippen LogP contribution in [0.1, 0.15) is 17.2 Å². The first kappa shape index (κ1) is 15.8. The van der Waals surface area contributed by atoms with Gasteiger partial charge in [0.2, 0.25) is 20.9 Å². The molecule has 0 amide bonds. The van der Waals surface area contributed by atoms with Gasteiger partial charge in [0.1, 0.15) is 11.5 Å². The Hall–Kier alpha value is -2.12. The zero-order valence-corrected chi connectivity index (χ0v) is 14.1. The number of imidazole rings is 1. The third kappa shape index (κ3) is 3.02. The number of aryl methyl sites for hydroxylation is 1. The fraction of sp³-hybridized carbons (Fsp3) is 0.200. The van der Waals surface area contributed by atoms with E-state index in [1.165, 1.54) is 17.0 Å². The molecule has 0 N–H and O–H groups in total. The molecule has 0 saturated heterocycles. The fourth-order valence-electron chi connectivity index (χ4n) is 2.26. The summed E-state index contributed by atoms with van der Waals surface area (Å²) in [7, 11) is -3.71. The van der Waals surface area contributed by atoms with Crippen LogP contribution in [0.2, 0.25) is 5.02 Å². The highest BCUT2D eigenvalue weighted by Gasteiger charge is 2.25. The smallest absolute Gasteiger partial charge is 0.232 e. The van der Waals surface area contributed by atoms with Gasteiger partial charge >= 0.3 is 0 Å². The highest BCUT2D eigenvalue weighted by molar-refractivity contribution is 7.90. The van der Waals surface area contributed by atoms with Gasteiger partial charge in [0.05, 0.1) is 11.9 Å².